The Bertz CT molecular complexity index is 726. The van der Waals surface area contributed by atoms with Gasteiger partial charge >= 0.3 is 6.09 Å². The Balaban J connectivity index is 3.41. The molecule has 0 aliphatic heterocycles. The van der Waals surface area contributed by atoms with E-state index in [4.69, 9.17) is 15.9 Å². The first kappa shape index (κ1) is 18.8. The minimum atomic E-state index is -3.45. The van der Waals surface area contributed by atoms with Gasteiger partial charge in [0.15, 0.2) is 9.84 Å². The number of amides is 1. The first-order valence-corrected chi connectivity index (χ1v) is 8.71. The van der Waals surface area contributed by atoms with Gasteiger partial charge in [0.05, 0.1) is 24.2 Å². The normalized spacial score (nSPS) is 11.5. The molecule has 0 saturated carbocycles. The molecule has 0 N–H and O–H groups in total. The minimum absolute atomic E-state index is 0.0545. The van der Waals surface area contributed by atoms with E-state index >= 15 is 0 Å². The zero-order valence-corrected chi connectivity index (χ0v) is 14.7. The summed E-state index contributed by atoms with van der Waals surface area (Å²) in [5.74, 6) is 2.68. The van der Waals surface area contributed by atoms with Gasteiger partial charge in [-0.25, -0.2) is 13.2 Å². The second-order valence-corrected chi connectivity index (χ2v) is 7.89. The van der Waals surface area contributed by atoms with Gasteiger partial charge in [-0.2, -0.15) is 0 Å². The lowest BCUT2D eigenvalue weighted by molar-refractivity contribution is 0.0584. The Morgan fingerprint density at radius 2 is 1.96 bits per heavy atom. The average Bonchev–Trinajstić information content (AvgIpc) is 2.41. The van der Waals surface area contributed by atoms with Crippen LogP contribution in [-0.2, 0) is 14.6 Å². The highest BCUT2D eigenvalue weighted by atomic mass is 32.2. The summed E-state index contributed by atoms with van der Waals surface area (Å²) in [5, 5.41) is 0. The average molecular weight is 339 g/mol. The van der Waals surface area contributed by atoms with Gasteiger partial charge in [0.1, 0.15) is 11.4 Å². The summed E-state index contributed by atoms with van der Waals surface area (Å²) in [6.07, 6.45) is 5.73. The van der Waals surface area contributed by atoms with Gasteiger partial charge in [-0.3, -0.25) is 4.90 Å². The Hall–Kier alpha value is -2.20. The molecule has 0 atom stereocenters. The molecule has 1 rings (SSSR count). The molecule has 0 saturated heterocycles. The highest BCUT2D eigenvalue weighted by molar-refractivity contribution is 7.90. The molecule has 1 aromatic rings. The molecule has 7 heteroatoms. The predicted octanol–water partition coefficient (Wildman–Crippen LogP) is 2.47. The third-order valence-corrected chi connectivity index (χ3v) is 3.84. The van der Waals surface area contributed by atoms with E-state index in [2.05, 4.69) is 5.92 Å². The van der Waals surface area contributed by atoms with Crippen LogP contribution in [0, 0.1) is 12.3 Å². The van der Waals surface area contributed by atoms with E-state index in [9.17, 15) is 13.2 Å². The molecule has 0 bridgehead atoms. The summed E-state index contributed by atoms with van der Waals surface area (Å²) in [5.41, 5.74) is -0.478. The zero-order valence-electron chi connectivity index (χ0n) is 13.9. The first-order chi connectivity index (χ1) is 10.5. The van der Waals surface area contributed by atoms with Crippen molar-refractivity contribution in [2.24, 2.45) is 0 Å². The lowest BCUT2D eigenvalue weighted by Gasteiger charge is -2.27. The molecule has 0 aliphatic carbocycles. The number of anilines is 1. The molecular weight excluding hydrogens is 318 g/mol. The number of methoxy groups -OCH3 is 1. The van der Waals surface area contributed by atoms with Crippen LogP contribution in [0.15, 0.2) is 23.1 Å². The number of sulfone groups is 1. The number of carbonyl (C=O) groups is 1. The predicted molar refractivity (Wildman–Crippen MR) is 88.5 cm³/mol. The van der Waals surface area contributed by atoms with Crippen LogP contribution in [0.1, 0.15) is 20.8 Å². The summed E-state index contributed by atoms with van der Waals surface area (Å²) in [4.78, 5) is 13.6. The number of nitrogens with zero attached hydrogens (tertiary/aromatic N) is 1. The molecule has 0 spiro atoms. The number of benzene rings is 1. The van der Waals surface area contributed by atoms with Gasteiger partial charge in [0.25, 0.3) is 0 Å². The van der Waals surface area contributed by atoms with Crippen molar-refractivity contribution in [2.45, 2.75) is 31.3 Å². The van der Waals surface area contributed by atoms with E-state index in [0.717, 1.165) is 6.26 Å². The zero-order chi connectivity index (χ0) is 17.8. The fourth-order valence-corrected chi connectivity index (χ4v) is 2.41. The molecule has 6 nitrogen and oxygen atoms in total. The van der Waals surface area contributed by atoms with Crippen molar-refractivity contribution in [1.82, 2.24) is 0 Å². The largest absolute Gasteiger partial charge is 0.495 e. The van der Waals surface area contributed by atoms with Gasteiger partial charge in [0, 0.05) is 6.26 Å². The van der Waals surface area contributed by atoms with Crippen LogP contribution in [0.5, 0.6) is 5.75 Å². The van der Waals surface area contributed by atoms with E-state index < -0.39 is 21.5 Å². The highest BCUT2D eigenvalue weighted by Gasteiger charge is 2.26. The maximum absolute atomic E-state index is 12.4. The summed E-state index contributed by atoms with van der Waals surface area (Å²) < 4.78 is 34.0. The fourth-order valence-electron chi connectivity index (χ4n) is 1.77. The molecule has 0 unspecified atom stereocenters. The van der Waals surface area contributed by atoms with Crippen molar-refractivity contribution in [3.63, 3.8) is 0 Å². The van der Waals surface area contributed by atoms with Gasteiger partial charge < -0.3 is 9.47 Å². The van der Waals surface area contributed by atoms with Crippen LogP contribution in [-0.4, -0.2) is 40.0 Å². The van der Waals surface area contributed by atoms with E-state index in [1.54, 1.807) is 20.8 Å². The number of hydrogen-bond donors (Lipinski definition) is 0. The van der Waals surface area contributed by atoms with Crippen molar-refractivity contribution in [2.75, 3.05) is 24.8 Å². The number of hydrogen-bond acceptors (Lipinski definition) is 5. The van der Waals surface area contributed by atoms with Gasteiger partial charge in [0.2, 0.25) is 0 Å². The molecule has 0 fully saturated rings. The van der Waals surface area contributed by atoms with Crippen molar-refractivity contribution < 1.29 is 22.7 Å². The van der Waals surface area contributed by atoms with Crippen molar-refractivity contribution in [3.05, 3.63) is 18.2 Å². The summed E-state index contributed by atoms with van der Waals surface area (Å²) in [7, 11) is -2.03. The maximum atomic E-state index is 12.4. The molecule has 126 valence electrons. The Labute approximate surface area is 137 Å². The van der Waals surface area contributed by atoms with Gasteiger partial charge in [-0.05, 0) is 39.0 Å². The van der Waals surface area contributed by atoms with Crippen LogP contribution in [0.3, 0.4) is 0 Å². The smallest absolute Gasteiger partial charge is 0.415 e. The molecular formula is C16H21NO5S. The van der Waals surface area contributed by atoms with Crippen LogP contribution in [0.2, 0.25) is 0 Å². The van der Waals surface area contributed by atoms with Crippen LogP contribution < -0.4 is 9.64 Å². The van der Waals surface area contributed by atoms with Gasteiger partial charge in [-0.15, -0.1) is 6.42 Å². The van der Waals surface area contributed by atoms with Crippen molar-refractivity contribution in [3.8, 4) is 18.1 Å². The Morgan fingerprint density at radius 3 is 2.39 bits per heavy atom. The molecule has 1 aromatic carbocycles. The molecule has 1 amide bonds. The van der Waals surface area contributed by atoms with Crippen LogP contribution in [0.25, 0.3) is 0 Å². The SMILES string of the molecule is C#CCN(C(=O)OC(C)(C)C)c1cc(S(C)(=O)=O)ccc1OC. The first-order valence-electron chi connectivity index (χ1n) is 6.81. The Kier molecular flexibility index (Phi) is 5.67. The Morgan fingerprint density at radius 1 is 1.35 bits per heavy atom. The number of ether oxygens (including phenoxy) is 2. The van der Waals surface area contributed by atoms with Crippen LogP contribution in [0.4, 0.5) is 10.5 Å². The van der Waals surface area contributed by atoms with E-state index in [1.807, 2.05) is 0 Å². The second kappa shape index (κ2) is 6.92. The van der Waals surface area contributed by atoms with Crippen molar-refractivity contribution >= 4 is 21.6 Å². The summed E-state index contributed by atoms with van der Waals surface area (Å²) in [6, 6.07) is 4.22. The summed E-state index contributed by atoms with van der Waals surface area (Å²) in [6.45, 7) is 5.09. The lowest BCUT2D eigenvalue weighted by Crippen LogP contribution is -2.37. The molecule has 0 radical (unpaired) electrons. The molecule has 23 heavy (non-hydrogen) atoms. The molecule has 0 heterocycles. The third kappa shape index (κ3) is 5.18. The van der Waals surface area contributed by atoms with E-state index in [0.29, 0.717) is 5.75 Å². The monoisotopic (exact) mass is 339 g/mol. The topological polar surface area (TPSA) is 72.9 Å². The van der Waals surface area contributed by atoms with E-state index in [-0.39, 0.29) is 17.1 Å². The number of terminal acetylenes is 1. The molecule has 0 aliphatic rings. The van der Waals surface area contributed by atoms with Crippen LogP contribution >= 0.6 is 0 Å². The lowest BCUT2D eigenvalue weighted by atomic mass is 10.2. The fraction of sp³-hybridized carbons (Fsp3) is 0.438. The quantitative estimate of drug-likeness (QED) is 0.788. The summed E-state index contributed by atoms with van der Waals surface area (Å²) >= 11 is 0. The minimum Gasteiger partial charge on any atom is -0.495 e. The standard InChI is InChI=1S/C16H21NO5S/c1-7-10-17(15(18)22-16(2,3)4)13-11-12(23(6,19)20)8-9-14(13)21-5/h1,8-9,11H,10H2,2-6H3. The van der Waals surface area contributed by atoms with E-state index in [1.165, 1.54) is 30.2 Å². The molecule has 0 aromatic heterocycles. The van der Waals surface area contributed by atoms with Gasteiger partial charge in [-0.1, -0.05) is 5.92 Å². The number of rotatable bonds is 4. The van der Waals surface area contributed by atoms with Crippen molar-refractivity contribution in [1.29, 1.82) is 0 Å². The highest BCUT2D eigenvalue weighted by Crippen LogP contribution is 2.32. The number of carbonyl (C=O) groups excluding carboxylic acids is 1. The second-order valence-electron chi connectivity index (χ2n) is 5.88. The third-order valence-electron chi connectivity index (χ3n) is 2.73. The maximum Gasteiger partial charge on any atom is 0.415 e.